The highest BCUT2D eigenvalue weighted by molar-refractivity contribution is 9.10. The Labute approximate surface area is 200 Å². The summed E-state index contributed by atoms with van der Waals surface area (Å²) in [5.74, 6) is -0.323. The maximum atomic E-state index is 12.9. The van der Waals surface area contributed by atoms with Crippen molar-refractivity contribution in [1.29, 1.82) is 5.26 Å². The minimum atomic E-state index is -3.92. The molecule has 168 valence electrons. The van der Waals surface area contributed by atoms with E-state index in [2.05, 4.69) is 26.0 Å². The van der Waals surface area contributed by atoms with Crippen molar-refractivity contribution in [2.45, 2.75) is 11.8 Å². The fourth-order valence-corrected chi connectivity index (χ4v) is 4.60. The topological polar surface area (TPSA) is 108 Å². The molecule has 0 heterocycles. The zero-order valence-corrected chi connectivity index (χ0v) is 20.0. The molecule has 2 N–H and O–H groups in total. The monoisotopic (exact) mass is 525 g/mol. The Bertz CT molecular complexity index is 1320. The first-order chi connectivity index (χ1) is 15.8. The van der Waals surface area contributed by atoms with Crippen molar-refractivity contribution in [3.05, 3.63) is 88.4 Å². The van der Waals surface area contributed by atoms with Crippen molar-refractivity contribution in [2.24, 2.45) is 0 Å². The molecule has 33 heavy (non-hydrogen) atoms. The number of carbonyl (C=O) groups excluding carboxylic acids is 1. The van der Waals surface area contributed by atoms with Crippen LogP contribution in [0.3, 0.4) is 0 Å². The van der Waals surface area contributed by atoms with Gasteiger partial charge in [-0.25, -0.2) is 8.42 Å². The first-order valence-corrected chi connectivity index (χ1v) is 12.1. The molecule has 9 heteroatoms. The molecule has 0 spiro atoms. The van der Waals surface area contributed by atoms with Gasteiger partial charge >= 0.3 is 0 Å². The van der Waals surface area contributed by atoms with Crippen LogP contribution in [0.25, 0.3) is 6.08 Å². The van der Waals surface area contributed by atoms with Gasteiger partial charge in [0.15, 0.2) is 0 Å². The Hall–Kier alpha value is -3.61. The molecule has 0 atom stereocenters. The zero-order chi connectivity index (χ0) is 23.8. The van der Waals surface area contributed by atoms with Gasteiger partial charge in [-0.15, -0.1) is 0 Å². The quantitative estimate of drug-likeness (QED) is 0.310. The number of sulfonamides is 1. The predicted octanol–water partition coefficient (Wildman–Crippen LogP) is 5.19. The van der Waals surface area contributed by atoms with Gasteiger partial charge in [0.05, 0.1) is 6.61 Å². The third-order valence-electron chi connectivity index (χ3n) is 4.37. The number of anilines is 2. The van der Waals surface area contributed by atoms with Crippen LogP contribution in [-0.2, 0) is 14.8 Å². The number of halogens is 1. The van der Waals surface area contributed by atoms with Crippen LogP contribution < -0.4 is 14.8 Å². The number of rotatable bonds is 8. The lowest BCUT2D eigenvalue weighted by atomic mass is 10.1. The lowest BCUT2D eigenvalue weighted by Gasteiger charge is -2.13. The Kier molecular flexibility index (Phi) is 7.87. The van der Waals surface area contributed by atoms with E-state index in [-0.39, 0.29) is 16.2 Å². The van der Waals surface area contributed by atoms with Crippen LogP contribution in [0, 0.1) is 11.3 Å². The molecule has 0 unspecified atom stereocenters. The van der Waals surface area contributed by atoms with Crippen LogP contribution in [0.4, 0.5) is 11.4 Å². The molecular weight excluding hydrogens is 506 g/mol. The molecule has 0 aromatic heterocycles. The molecular formula is C24H20BrN3O4S. The molecule has 7 nitrogen and oxygen atoms in total. The number of amides is 1. The van der Waals surface area contributed by atoms with Gasteiger partial charge in [0, 0.05) is 15.8 Å². The number of benzene rings is 3. The van der Waals surface area contributed by atoms with Gasteiger partial charge in [0.2, 0.25) is 0 Å². The zero-order valence-electron chi connectivity index (χ0n) is 17.6. The van der Waals surface area contributed by atoms with Crippen LogP contribution >= 0.6 is 15.9 Å². The Morgan fingerprint density at radius 3 is 2.36 bits per heavy atom. The third-order valence-corrected chi connectivity index (χ3v) is 6.26. The molecule has 3 aromatic rings. The second-order valence-electron chi connectivity index (χ2n) is 6.74. The van der Waals surface area contributed by atoms with E-state index < -0.39 is 15.9 Å². The van der Waals surface area contributed by atoms with Crippen LogP contribution in [0.2, 0.25) is 0 Å². The minimum Gasteiger partial charge on any atom is -0.492 e. The molecule has 0 aliphatic carbocycles. The van der Waals surface area contributed by atoms with Crippen molar-refractivity contribution in [1.82, 2.24) is 0 Å². The summed E-state index contributed by atoms with van der Waals surface area (Å²) < 4.78 is 34.3. The van der Waals surface area contributed by atoms with Crippen molar-refractivity contribution >= 4 is 49.3 Å². The molecule has 3 aromatic carbocycles. The van der Waals surface area contributed by atoms with Crippen molar-refractivity contribution < 1.29 is 17.9 Å². The van der Waals surface area contributed by atoms with E-state index in [9.17, 15) is 18.5 Å². The van der Waals surface area contributed by atoms with Crippen LogP contribution in [0.5, 0.6) is 5.75 Å². The van der Waals surface area contributed by atoms with E-state index in [1.807, 2.05) is 24.3 Å². The number of nitrogens with one attached hydrogen (secondary N) is 2. The summed E-state index contributed by atoms with van der Waals surface area (Å²) in [6.07, 6.45) is 1.49. The Balaban J connectivity index is 1.74. The summed E-state index contributed by atoms with van der Waals surface area (Å²) in [4.78, 5) is 12.4. The number of carbonyl (C=O) groups is 1. The highest BCUT2D eigenvalue weighted by Crippen LogP contribution is 2.29. The summed E-state index contributed by atoms with van der Waals surface area (Å²) in [6.45, 7) is 2.09. The lowest BCUT2D eigenvalue weighted by Crippen LogP contribution is -2.15. The smallest absolute Gasteiger partial charge is 0.266 e. The normalized spacial score (nSPS) is 11.4. The highest BCUT2D eigenvalue weighted by Gasteiger charge is 2.20. The molecule has 0 fully saturated rings. The molecule has 0 bridgehead atoms. The van der Waals surface area contributed by atoms with Gasteiger partial charge in [-0.05, 0) is 61.0 Å². The number of hydrogen-bond donors (Lipinski definition) is 2. The van der Waals surface area contributed by atoms with Gasteiger partial charge < -0.3 is 10.1 Å². The van der Waals surface area contributed by atoms with E-state index in [1.54, 1.807) is 31.2 Å². The molecule has 1 amide bonds. The number of ether oxygens (including phenoxy) is 1. The van der Waals surface area contributed by atoms with Gasteiger partial charge in [-0.2, -0.15) is 5.26 Å². The van der Waals surface area contributed by atoms with Crippen molar-refractivity contribution in [3.63, 3.8) is 0 Å². The summed E-state index contributed by atoms with van der Waals surface area (Å²) >= 11 is 3.28. The number of nitriles is 1. The highest BCUT2D eigenvalue weighted by atomic mass is 79.9. The molecule has 0 radical (unpaired) electrons. The number of nitrogens with zero attached hydrogens (tertiary/aromatic N) is 1. The lowest BCUT2D eigenvalue weighted by molar-refractivity contribution is -0.112. The number of hydrogen-bond acceptors (Lipinski definition) is 5. The van der Waals surface area contributed by atoms with Crippen LogP contribution in [0.1, 0.15) is 12.5 Å². The molecule has 3 rings (SSSR count). The second-order valence-corrected chi connectivity index (χ2v) is 9.31. The van der Waals surface area contributed by atoms with Gasteiger partial charge in [-0.1, -0.05) is 46.3 Å². The molecule has 0 saturated carbocycles. The van der Waals surface area contributed by atoms with E-state index in [0.717, 1.165) is 5.56 Å². The molecule has 0 aliphatic rings. The summed E-state index contributed by atoms with van der Waals surface area (Å²) in [5, 5.41) is 12.0. The predicted molar refractivity (Wildman–Crippen MR) is 131 cm³/mol. The SMILES string of the molecule is CCOc1ccc(Br)cc1S(=O)(=O)Nc1ccc(NC(=O)C(C#N)=Cc2ccccc2)cc1. The van der Waals surface area contributed by atoms with E-state index in [4.69, 9.17) is 4.74 Å². The van der Waals surface area contributed by atoms with E-state index in [1.165, 1.54) is 36.4 Å². The van der Waals surface area contributed by atoms with E-state index in [0.29, 0.717) is 22.5 Å². The van der Waals surface area contributed by atoms with Gasteiger partial charge in [0.1, 0.15) is 22.3 Å². The maximum absolute atomic E-state index is 12.9. The second kappa shape index (κ2) is 10.8. The minimum absolute atomic E-state index is 0.000755. The first-order valence-electron chi connectivity index (χ1n) is 9.86. The third kappa shape index (κ3) is 6.44. The fourth-order valence-electron chi connectivity index (χ4n) is 2.86. The Morgan fingerprint density at radius 1 is 1.06 bits per heavy atom. The molecule has 0 aliphatic heterocycles. The molecule has 0 saturated heterocycles. The maximum Gasteiger partial charge on any atom is 0.266 e. The summed E-state index contributed by atoms with van der Waals surface area (Å²) in [6, 6.07) is 21.8. The first kappa shape index (κ1) is 24.0. The standard InChI is InChI=1S/C24H20BrN3O4S/c1-2-32-22-13-8-19(25)15-23(22)33(30,31)28-21-11-9-20(10-12-21)27-24(29)18(16-26)14-17-6-4-3-5-7-17/h3-15,28H,2H2,1H3,(H,27,29). The van der Waals surface area contributed by atoms with Crippen molar-refractivity contribution in [2.75, 3.05) is 16.6 Å². The fraction of sp³-hybridized carbons (Fsp3) is 0.0833. The summed E-state index contributed by atoms with van der Waals surface area (Å²) in [7, 11) is -3.92. The average molecular weight is 526 g/mol. The van der Waals surface area contributed by atoms with Crippen LogP contribution in [-0.4, -0.2) is 20.9 Å². The van der Waals surface area contributed by atoms with Gasteiger partial charge in [-0.3, -0.25) is 9.52 Å². The van der Waals surface area contributed by atoms with E-state index >= 15 is 0 Å². The Morgan fingerprint density at radius 2 is 1.73 bits per heavy atom. The van der Waals surface area contributed by atoms with Crippen molar-refractivity contribution in [3.8, 4) is 11.8 Å². The average Bonchev–Trinajstić information content (AvgIpc) is 2.80. The summed E-state index contributed by atoms with van der Waals surface area (Å²) in [5.41, 5.74) is 1.39. The van der Waals surface area contributed by atoms with Crippen LogP contribution in [0.15, 0.2) is 87.7 Å². The largest absolute Gasteiger partial charge is 0.492 e. The van der Waals surface area contributed by atoms with Gasteiger partial charge in [0.25, 0.3) is 15.9 Å².